The van der Waals surface area contributed by atoms with Crippen LogP contribution in [0.15, 0.2) is 72.1 Å². The van der Waals surface area contributed by atoms with Gasteiger partial charge in [-0.2, -0.15) is 4.98 Å². The van der Waals surface area contributed by atoms with Gasteiger partial charge in [0.05, 0.1) is 11.2 Å². The topological polar surface area (TPSA) is 157 Å². The first-order valence-electron chi connectivity index (χ1n) is 11.5. The van der Waals surface area contributed by atoms with Crippen LogP contribution >= 0.6 is 0 Å². The zero-order valence-corrected chi connectivity index (χ0v) is 20.2. The van der Waals surface area contributed by atoms with Crippen LogP contribution in [0, 0.1) is 13.8 Å². The minimum Gasteiger partial charge on any atom is -0.439 e. The van der Waals surface area contributed by atoms with Gasteiger partial charge in [0, 0.05) is 22.8 Å². The molecule has 6 rings (SSSR count). The van der Waals surface area contributed by atoms with Crippen LogP contribution in [0.3, 0.4) is 0 Å². The Hall–Kier alpha value is -5.59. The lowest BCUT2D eigenvalue weighted by molar-refractivity contribution is 0.261. The molecule has 6 aromatic rings. The second-order valence-electron chi connectivity index (χ2n) is 8.36. The van der Waals surface area contributed by atoms with E-state index in [1.54, 1.807) is 48.2 Å². The second-order valence-corrected chi connectivity index (χ2v) is 8.36. The Morgan fingerprint density at radius 1 is 0.974 bits per heavy atom. The van der Waals surface area contributed by atoms with Gasteiger partial charge in [-0.3, -0.25) is 9.72 Å². The lowest BCUT2D eigenvalue weighted by Crippen LogP contribution is -2.19. The van der Waals surface area contributed by atoms with Gasteiger partial charge < -0.3 is 19.8 Å². The molecule has 0 fully saturated rings. The molecule has 0 saturated heterocycles. The van der Waals surface area contributed by atoms with Gasteiger partial charge in [-0.25, -0.2) is 19.7 Å². The number of hydrogen-bond donors (Lipinski definition) is 3. The molecule has 0 spiro atoms. The summed E-state index contributed by atoms with van der Waals surface area (Å²) < 4.78 is 12.8. The molecular weight excluding hydrogens is 488 g/mol. The maximum atomic E-state index is 12.4. The molecule has 0 saturated carbocycles. The summed E-state index contributed by atoms with van der Waals surface area (Å²) in [5, 5.41) is 17.2. The Labute approximate surface area is 215 Å². The third-order valence-corrected chi connectivity index (χ3v) is 5.55. The molecule has 3 N–H and O–H groups in total. The number of rotatable bonds is 6. The van der Waals surface area contributed by atoms with Crippen molar-refractivity contribution < 1.29 is 13.9 Å². The Balaban J connectivity index is 1.20. The standard InChI is InChI=1S/C25H20N10O3/c1-14-7-16(4-6-20(14)38-22-9-21-34-29-13-35(21)12-28-22)31-23-18-8-17(3-5-19(18)26-11-27-23)32-24(36)33-25-30-15(2)10-37-25/h3-13H,1-2H3,(H,26,27,31)(H2,30,32,33,36). The smallest absolute Gasteiger partial charge is 0.327 e. The van der Waals surface area contributed by atoms with Crippen molar-refractivity contribution in [3.8, 4) is 11.6 Å². The van der Waals surface area contributed by atoms with E-state index >= 15 is 0 Å². The van der Waals surface area contributed by atoms with E-state index in [0.29, 0.717) is 40.0 Å². The van der Waals surface area contributed by atoms with Crippen LogP contribution < -0.4 is 20.7 Å². The number of urea groups is 1. The summed E-state index contributed by atoms with van der Waals surface area (Å²) in [6, 6.07) is 12.3. The van der Waals surface area contributed by atoms with Gasteiger partial charge in [0.1, 0.15) is 36.8 Å². The molecular formula is C25H20N10O3. The third-order valence-electron chi connectivity index (χ3n) is 5.55. The minimum absolute atomic E-state index is 0.115. The Kier molecular flexibility index (Phi) is 5.69. The molecule has 2 aromatic carbocycles. The van der Waals surface area contributed by atoms with E-state index in [9.17, 15) is 4.79 Å². The van der Waals surface area contributed by atoms with Crippen molar-refractivity contribution in [1.29, 1.82) is 0 Å². The van der Waals surface area contributed by atoms with E-state index in [4.69, 9.17) is 9.15 Å². The Morgan fingerprint density at radius 2 is 1.87 bits per heavy atom. The number of ether oxygens (including phenoxy) is 1. The van der Waals surface area contributed by atoms with Gasteiger partial charge in [0.2, 0.25) is 5.88 Å². The summed E-state index contributed by atoms with van der Waals surface area (Å²) in [4.78, 5) is 29.4. The number of oxazole rings is 1. The lowest BCUT2D eigenvalue weighted by atomic mass is 10.1. The van der Waals surface area contributed by atoms with Crippen LogP contribution in [0.5, 0.6) is 11.6 Å². The molecule has 0 bridgehead atoms. The van der Waals surface area contributed by atoms with Crippen molar-refractivity contribution in [2.75, 3.05) is 16.0 Å². The molecule has 0 atom stereocenters. The van der Waals surface area contributed by atoms with Gasteiger partial charge in [-0.1, -0.05) is 0 Å². The lowest BCUT2D eigenvalue weighted by Gasteiger charge is -2.13. The number of nitrogens with zero attached hydrogens (tertiary/aromatic N) is 7. The van der Waals surface area contributed by atoms with Crippen molar-refractivity contribution in [2.24, 2.45) is 0 Å². The zero-order valence-electron chi connectivity index (χ0n) is 20.2. The van der Waals surface area contributed by atoms with Crippen molar-refractivity contribution in [1.82, 2.24) is 34.5 Å². The Bertz CT molecular complexity index is 1800. The average Bonchev–Trinajstić information content (AvgIpc) is 3.54. The van der Waals surface area contributed by atoms with Gasteiger partial charge in [0.15, 0.2) is 5.65 Å². The normalized spacial score (nSPS) is 11.0. The predicted molar refractivity (Wildman–Crippen MR) is 139 cm³/mol. The molecule has 13 heteroatoms. The molecule has 188 valence electrons. The Morgan fingerprint density at radius 3 is 2.71 bits per heavy atom. The SMILES string of the molecule is Cc1coc(NC(=O)Nc2ccc3ncnc(Nc4ccc(Oc5cc6nncn6cn5)c(C)c4)c3c2)n1. The maximum Gasteiger partial charge on any atom is 0.327 e. The summed E-state index contributed by atoms with van der Waals surface area (Å²) in [5.41, 5.74) is 4.25. The average molecular weight is 509 g/mol. The number of carbonyl (C=O) groups excluding carboxylic acids is 1. The first-order valence-corrected chi connectivity index (χ1v) is 11.5. The van der Waals surface area contributed by atoms with Gasteiger partial charge in [0.25, 0.3) is 0 Å². The quantitative estimate of drug-likeness (QED) is 0.284. The molecule has 0 radical (unpaired) electrons. The highest BCUT2D eigenvalue weighted by Gasteiger charge is 2.11. The van der Waals surface area contributed by atoms with Crippen molar-refractivity contribution in [2.45, 2.75) is 13.8 Å². The van der Waals surface area contributed by atoms with Crippen LogP contribution in [-0.4, -0.2) is 40.6 Å². The molecule has 0 aliphatic heterocycles. The number of benzene rings is 2. The minimum atomic E-state index is -0.485. The van der Waals surface area contributed by atoms with Crippen LogP contribution in [0.2, 0.25) is 0 Å². The van der Waals surface area contributed by atoms with Crippen LogP contribution in [0.4, 0.5) is 28.0 Å². The van der Waals surface area contributed by atoms with Gasteiger partial charge in [-0.15, -0.1) is 10.2 Å². The fraction of sp³-hybridized carbons (Fsp3) is 0.0800. The summed E-state index contributed by atoms with van der Waals surface area (Å²) in [6.45, 7) is 3.70. The van der Waals surface area contributed by atoms with Crippen molar-refractivity contribution in [3.05, 3.63) is 79.0 Å². The van der Waals surface area contributed by atoms with Crippen LogP contribution in [0.1, 0.15) is 11.3 Å². The summed E-state index contributed by atoms with van der Waals surface area (Å²) in [5.74, 6) is 1.64. The van der Waals surface area contributed by atoms with Gasteiger partial charge in [-0.05, 0) is 55.8 Å². The number of nitrogens with one attached hydrogen (secondary N) is 3. The number of carbonyl (C=O) groups is 1. The van der Waals surface area contributed by atoms with E-state index in [-0.39, 0.29) is 6.01 Å². The van der Waals surface area contributed by atoms with Crippen molar-refractivity contribution >= 4 is 45.8 Å². The molecule has 2 amide bonds. The van der Waals surface area contributed by atoms with Gasteiger partial charge >= 0.3 is 12.0 Å². The first-order chi connectivity index (χ1) is 18.5. The van der Waals surface area contributed by atoms with Crippen LogP contribution in [0.25, 0.3) is 16.6 Å². The fourth-order valence-electron chi connectivity index (χ4n) is 3.76. The number of hydrogen-bond acceptors (Lipinski definition) is 10. The summed E-state index contributed by atoms with van der Waals surface area (Å²) in [7, 11) is 0. The number of amides is 2. The van der Waals surface area contributed by atoms with E-state index in [1.807, 2.05) is 25.1 Å². The highest BCUT2D eigenvalue weighted by atomic mass is 16.5. The predicted octanol–water partition coefficient (Wildman–Crippen LogP) is 4.85. The van der Waals surface area contributed by atoms with E-state index in [1.165, 1.54) is 12.6 Å². The number of aryl methyl sites for hydroxylation is 2. The van der Waals surface area contributed by atoms with E-state index in [2.05, 4.69) is 46.1 Å². The first kappa shape index (κ1) is 22.8. The number of aromatic nitrogens is 7. The third kappa shape index (κ3) is 4.75. The van der Waals surface area contributed by atoms with E-state index in [0.717, 1.165) is 16.6 Å². The monoisotopic (exact) mass is 508 g/mol. The molecule has 13 nitrogen and oxygen atoms in total. The molecule has 0 aliphatic rings. The maximum absolute atomic E-state index is 12.4. The molecule has 0 aliphatic carbocycles. The number of anilines is 4. The molecule has 0 unspecified atom stereocenters. The summed E-state index contributed by atoms with van der Waals surface area (Å²) in [6.07, 6.45) is 6.10. The highest BCUT2D eigenvalue weighted by Crippen LogP contribution is 2.30. The molecule has 4 aromatic heterocycles. The summed E-state index contributed by atoms with van der Waals surface area (Å²) >= 11 is 0. The fourth-order valence-corrected chi connectivity index (χ4v) is 3.76. The van der Waals surface area contributed by atoms with Crippen LogP contribution in [-0.2, 0) is 0 Å². The zero-order chi connectivity index (χ0) is 26.1. The van der Waals surface area contributed by atoms with E-state index < -0.39 is 6.03 Å². The number of fused-ring (bicyclic) bond motifs is 2. The molecule has 4 heterocycles. The highest BCUT2D eigenvalue weighted by molar-refractivity contribution is 6.01. The van der Waals surface area contributed by atoms with Crippen molar-refractivity contribution in [3.63, 3.8) is 0 Å². The molecule has 38 heavy (non-hydrogen) atoms. The largest absolute Gasteiger partial charge is 0.439 e. The second kappa shape index (κ2) is 9.46.